The van der Waals surface area contributed by atoms with Crippen LogP contribution >= 0.6 is 0 Å². The van der Waals surface area contributed by atoms with Gasteiger partial charge in [0, 0.05) is 38.8 Å². The van der Waals surface area contributed by atoms with Gasteiger partial charge in [0.05, 0.1) is 16.7 Å². The SMILES string of the molecule is c1ccc(-c2ccccc2N(c2ccc3c(c2)C2(Cc4ccccc4C2)c2ccccc2-3)c2ccc3c4ccccc4n(-c4ccccc4)c3c2)cc1. The number of hydrogen-bond donors (Lipinski definition) is 0. The minimum absolute atomic E-state index is 0.0973. The van der Waals surface area contributed by atoms with Gasteiger partial charge in [-0.25, -0.2) is 0 Å². The molecule has 0 N–H and O–H groups in total. The van der Waals surface area contributed by atoms with Crippen molar-refractivity contribution in [3.63, 3.8) is 0 Å². The standard InChI is InChI=1S/C51H36N2/c1-3-15-35(16-4-1)41-21-10-13-25-48(41)52(40-28-30-45-44-23-11-14-26-49(44)53(50(45)32-40)38-19-5-2-6-20-38)39-27-29-43-42-22-9-12-24-46(42)51(47(43)31-39)33-36-17-7-8-18-37(36)34-51/h1-32H,33-34H2. The van der Waals surface area contributed by atoms with E-state index in [0.717, 1.165) is 35.6 Å². The molecule has 1 aromatic heterocycles. The third kappa shape index (κ3) is 4.52. The Hall–Kier alpha value is -6.64. The lowest BCUT2D eigenvalue weighted by molar-refractivity contribution is 0.563. The molecule has 0 fully saturated rings. The van der Waals surface area contributed by atoms with Crippen LogP contribution in [0.15, 0.2) is 194 Å². The number of nitrogens with zero attached hydrogens (tertiary/aromatic N) is 2. The zero-order valence-corrected chi connectivity index (χ0v) is 29.3. The number of rotatable bonds is 5. The third-order valence-electron chi connectivity index (χ3n) is 11.8. The van der Waals surface area contributed by atoms with Gasteiger partial charge in [-0.1, -0.05) is 146 Å². The third-order valence-corrected chi connectivity index (χ3v) is 11.8. The number of benzene rings is 8. The van der Waals surface area contributed by atoms with Gasteiger partial charge in [0.2, 0.25) is 0 Å². The molecule has 0 bridgehead atoms. The summed E-state index contributed by atoms with van der Waals surface area (Å²) >= 11 is 0. The molecule has 1 heterocycles. The molecule has 0 amide bonds. The van der Waals surface area contributed by atoms with Gasteiger partial charge >= 0.3 is 0 Å². The molecule has 2 aliphatic carbocycles. The summed E-state index contributed by atoms with van der Waals surface area (Å²) in [5.41, 5.74) is 17.8. The minimum Gasteiger partial charge on any atom is -0.310 e. The van der Waals surface area contributed by atoms with Crippen molar-refractivity contribution in [2.24, 2.45) is 0 Å². The molecule has 0 saturated carbocycles. The first-order valence-corrected chi connectivity index (χ1v) is 18.6. The van der Waals surface area contributed by atoms with Gasteiger partial charge in [0.25, 0.3) is 0 Å². The number of aromatic nitrogens is 1. The van der Waals surface area contributed by atoms with E-state index in [2.05, 4.69) is 204 Å². The van der Waals surface area contributed by atoms with Crippen molar-refractivity contribution in [2.75, 3.05) is 4.90 Å². The Bertz CT molecular complexity index is 2820. The molecule has 0 atom stereocenters. The zero-order valence-electron chi connectivity index (χ0n) is 29.3. The van der Waals surface area contributed by atoms with Gasteiger partial charge in [-0.05, 0) is 100 Å². The maximum absolute atomic E-state index is 2.51. The van der Waals surface area contributed by atoms with E-state index in [0.29, 0.717) is 0 Å². The first-order valence-electron chi connectivity index (χ1n) is 18.6. The maximum atomic E-state index is 2.51. The van der Waals surface area contributed by atoms with Crippen molar-refractivity contribution >= 4 is 38.9 Å². The molecule has 0 unspecified atom stereocenters. The summed E-state index contributed by atoms with van der Waals surface area (Å²) in [7, 11) is 0. The predicted octanol–water partition coefficient (Wildman–Crippen LogP) is 13.0. The monoisotopic (exact) mass is 676 g/mol. The van der Waals surface area contributed by atoms with Crippen LogP contribution in [0.5, 0.6) is 0 Å². The second-order valence-electron chi connectivity index (χ2n) is 14.6. The lowest BCUT2D eigenvalue weighted by Crippen LogP contribution is -2.26. The number of para-hydroxylation sites is 3. The topological polar surface area (TPSA) is 8.17 Å². The van der Waals surface area contributed by atoms with Crippen LogP contribution in [0.2, 0.25) is 0 Å². The molecule has 8 aromatic carbocycles. The van der Waals surface area contributed by atoms with E-state index >= 15 is 0 Å². The molecule has 0 aliphatic heterocycles. The van der Waals surface area contributed by atoms with Crippen LogP contribution in [0.25, 0.3) is 49.7 Å². The normalized spacial score (nSPS) is 13.7. The van der Waals surface area contributed by atoms with Crippen molar-refractivity contribution in [2.45, 2.75) is 18.3 Å². The van der Waals surface area contributed by atoms with E-state index in [1.807, 2.05) is 0 Å². The van der Waals surface area contributed by atoms with Crippen LogP contribution in [0.3, 0.4) is 0 Å². The summed E-state index contributed by atoms with van der Waals surface area (Å²) in [5.74, 6) is 0. The Morgan fingerprint density at radius 3 is 1.81 bits per heavy atom. The van der Waals surface area contributed by atoms with E-state index in [9.17, 15) is 0 Å². The molecule has 2 nitrogen and oxygen atoms in total. The van der Waals surface area contributed by atoms with Crippen LogP contribution in [0, 0.1) is 0 Å². The van der Waals surface area contributed by atoms with Crippen LogP contribution in [0.4, 0.5) is 17.1 Å². The van der Waals surface area contributed by atoms with Gasteiger partial charge in [0.15, 0.2) is 0 Å². The first-order chi connectivity index (χ1) is 26.3. The second-order valence-corrected chi connectivity index (χ2v) is 14.6. The lowest BCUT2D eigenvalue weighted by atomic mass is 9.75. The Balaban J connectivity index is 1.17. The van der Waals surface area contributed by atoms with Crippen LogP contribution < -0.4 is 4.90 Å². The molecule has 2 heteroatoms. The van der Waals surface area contributed by atoms with E-state index in [1.54, 1.807) is 0 Å². The largest absolute Gasteiger partial charge is 0.310 e. The average Bonchev–Trinajstić information content (AvgIpc) is 3.87. The number of fused-ring (bicyclic) bond motifs is 9. The van der Waals surface area contributed by atoms with Crippen molar-refractivity contribution in [3.8, 4) is 27.9 Å². The average molecular weight is 677 g/mol. The summed E-state index contributed by atoms with van der Waals surface area (Å²) in [5, 5.41) is 2.50. The smallest absolute Gasteiger partial charge is 0.0561 e. The van der Waals surface area contributed by atoms with Crippen molar-refractivity contribution in [3.05, 3.63) is 216 Å². The molecule has 250 valence electrons. The van der Waals surface area contributed by atoms with Gasteiger partial charge in [-0.2, -0.15) is 0 Å². The molecule has 9 aromatic rings. The highest BCUT2D eigenvalue weighted by molar-refractivity contribution is 6.10. The predicted molar refractivity (Wildman–Crippen MR) is 221 cm³/mol. The molecule has 0 saturated heterocycles. The summed E-state index contributed by atoms with van der Waals surface area (Å²) in [6, 6.07) is 71.7. The highest BCUT2D eigenvalue weighted by atomic mass is 15.1. The van der Waals surface area contributed by atoms with Crippen LogP contribution in [0.1, 0.15) is 22.3 Å². The van der Waals surface area contributed by atoms with Crippen molar-refractivity contribution in [1.82, 2.24) is 4.57 Å². The summed E-state index contributed by atoms with van der Waals surface area (Å²) in [6.07, 6.45) is 2.03. The molecular formula is C51H36N2. The Morgan fingerprint density at radius 1 is 0.415 bits per heavy atom. The van der Waals surface area contributed by atoms with Crippen LogP contribution in [-0.2, 0) is 18.3 Å². The molecule has 2 aliphatic rings. The zero-order chi connectivity index (χ0) is 34.9. The molecule has 1 spiro atoms. The molecule has 11 rings (SSSR count). The van der Waals surface area contributed by atoms with Gasteiger partial charge in [-0.15, -0.1) is 0 Å². The van der Waals surface area contributed by atoms with Gasteiger partial charge in [-0.3, -0.25) is 0 Å². The summed E-state index contributed by atoms with van der Waals surface area (Å²) < 4.78 is 2.42. The van der Waals surface area contributed by atoms with Crippen molar-refractivity contribution < 1.29 is 0 Å². The minimum atomic E-state index is -0.0973. The van der Waals surface area contributed by atoms with E-state index in [1.165, 1.54) is 66.3 Å². The highest BCUT2D eigenvalue weighted by Crippen LogP contribution is 2.57. The quantitative estimate of drug-likeness (QED) is 0.176. The maximum Gasteiger partial charge on any atom is 0.0561 e. The Labute approximate surface area is 309 Å². The molecular weight excluding hydrogens is 641 g/mol. The van der Waals surface area contributed by atoms with E-state index in [-0.39, 0.29) is 5.41 Å². The first kappa shape index (κ1) is 30.0. The fourth-order valence-corrected chi connectivity index (χ4v) is 9.49. The highest BCUT2D eigenvalue weighted by Gasteiger charge is 2.47. The number of anilines is 3. The van der Waals surface area contributed by atoms with Crippen molar-refractivity contribution in [1.29, 1.82) is 0 Å². The Morgan fingerprint density at radius 2 is 1.00 bits per heavy atom. The Kier molecular flexibility index (Phi) is 6.63. The number of hydrogen-bond acceptors (Lipinski definition) is 1. The van der Waals surface area contributed by atoms with Gasteiger partial charge in [0.1, 0.15) is 0 Å². The second kappa shape index (κ2) is 11.7. The van der Waals surface area contributed by atoms with Gasteiger partial charge < -0.3 is 9.47 Å². The fourth-order valence-electron chi connectivity index (χ4n) is 9.49. The fraction of sp³-hybridized carbons (Fsp3) is 0.0588. The van der Waals surface area contributed by atoms with E-state index in [4.69, 9.17) is 0 Å². The van der Waals surface area contributed by atoms with Crippen LogP contribution in [-0.4, -0.2) is 4.57 Å². The molecule has 0 radical (unpaired) electrons. The van der Waals surface area contributed by atoms with E-state index < -0.39 is 0 Å². The summed E-state index contributed by atoms with van der Waals surface area (Å²) in [4.78, 5) is 2.49. The summed E-state index contributed by atoms with van der Waals surface area (Å²) in [6.45, 7) is 0. The molecule has 53 heavy (non-hydrogen) atoms. The lowest BCUT2D eigenvalue weighted by Gasteiger charge is -2.31.